The minimum atomic E-state index is 0.583. The molecule has 106 valence electrons. The second-order valence-electron chi connectivity index (χ2n) is 5.90. The Labute approximate surface area is 117 Å². The molecule has 3 nitrogen and oxygen atoms in total. The Morgan fingerprint density at radius 2 is 1.84 bits per heavy atom. The van der Waals surface area contributed by atoms with Gasteiger partial charge in [0.15, 0.2) is 0 Å². The molecule has 2 unspecified atom stereocenters. The molecule has 1 fully saturated rings. The molecular weight excluding hydrogens is 234 g/mol. The van der Waals surface area contributed by atoms with E-state index in [1.54, 1.807) is 0 Å². The first kappa shape index (κ1) is 14.4. The van der Waals surface area contributed by atoms with E-state index in [1.165, 1.54) is 37.7 Å². The van der Waals surface area contributed by atoms with Crippen LogP contribution in [0.2, 0.25) is 0 Å². The molecule has 2 atom stereocenters. The average molecular weight is 261 g/mol. The van der Waals surface area contributed by atoms with E-state index >= 15 is 0 Å². The second-order valence-corrected chi connectivity index (χ2v) is 5.90. The van der Waals surface area contributed by atoms with E-state index in [1.807, 2.05) is 7.05 Å². The first-order valence-corrected chi connectivity index (χ1v) is 7.64. The van der Waals surface area contributed by atoms with Crippen LogP contribution in [-0.4, -0.2) is 17.0 Å². The third-order valence-corrected chi connectivity index (χ3v) is 4.52. The fourth-order valence-electron chi connectivity index (χ4n) is 3.28. The van der Waals surface area contributed by atoms with Crippen molar-refractivity contribution in [1.29, 1.82) is 0 Å². The number of aryl methyl sites for hydroxylation is 2. The number of hydrogen-bond acceptors (Lipinski definition) is 3. The summed E-state index contributed by atoms with van der Waals surface area (Å²) in [6.07, 6.45) is 6.57. The van der Waals surface area contributed by atoms with Crippen LogP contribution in [0.4, 0.5) is 0 Å². The van der Waals surface area contributed by atoms with Gasteiger partial charge in [-0.1, -0.05) is 26.2 Å². The maximum Gasteiger partial charge on any atom is 0.131 e. The van der Waals surface area contributed by atoms with Crippen molar-refractivity contribution in [2.45, 2.75) is 65.3 Å². The van der Waals surface area contributed by atoms with Crippen molar-refractivity contribution < 1.29 is 0 Å². The lowest BCUT2D eigenvalue weighted by Crippen LogP contribution is -2.18. The van der Waals surface area contributed by atoms with Gasteiger partial charge in [-0.3, -0.25) is 0 Å². The van der Waals surface area contributed by atoms with E-state index in [4.69, 9.17) is 9.97 Å². The highest BCUT2D eigenvalue weighted by molar-refractivity contribution is 5.25. The van der Waals surface area contributed by atoms with Crippen LogP contribution < -0.4 is 5.32 Å². The number of nitrogens with zero attached hydrogens (tertiary/aromatic N) is 2. The Balaban J connectivity index is 2.21. The molecule has 0 spiro atoms. The summed E-state index contributed by atoms with van der Waals surface area (Å²) in [5, 5.41) is 3.20. The van der Waals surface area contributed by atoms with E-state index in [2.05, 4.69) is 26.1 Å². The zero-order valence-corrected chi connectivity index (χ0v) is 12.8. The Bertz CT molecular complexity index is 405. The topological polar surface area (TPSA) is 37.8 Å². The summed E-state index contributed by atoms with van der Waals surface area (Å²) in [5.41, 5.74) is 3.56. The molecule has 1 aromatic rings. The molecule has 1 heterocycles. The molecule has 1 saturated carbocycles. The van der Waals surface area contributed by atoms with Gasteiger partial charge in [0.2, 0.25) is 0 Å². The first-order valence-electron chi connectivity index (χ1n) is 7.64. The summed E-state index contributed by atoms with van der Waals surface area (Å²) in [5.74, 6) is 2.55. The van der Waals surface area contributed by atoms with Crippen molar-refractivity contribution in [3.63, 3.8) is 0 Å². The van der Waals surface area contributed by atoms with Crippen molar-refractivity contribution in [2.24, 2.45) is 5.92 Å². The Morgan fingerprint density at radius 3 is 2.42 bits per heavy atom. The molecule has 0 radical (unpaired) electrons. The molecule has 19 heavy (non-hydrogen) atoms. The van der Waals surface area contributed by atoms with E-state index < -0.39 is 0 Å². The molecule has 0 bridgehead atoms. The van der Waals surface area contributed by atoms with Crippen molar-refractivity contribution in [3.05, 3.63) is 22.8 Å². The quantitative estimate of drug-likeness (QED) is 0.901. The van der Waals surface area contributed by atoms with Crippen LogP contribution >= 0.6 is 0 Å². The van der Waals surface area contributed by atoms with Crippen molar-refractivity contribution in [2.75, 3.05) is 7.05 Å². The summed E-state index contributed by atoms with van der Waals surface area (Å²) >= 11 is 0. The van der Waals surface area contributed by atoms with Gasteiger partial charge in [-0.15, -0.1) is 0 Å². The standard InChI is InChI=1S/C16H27N3/c1-5-13-7-6-8-14(9-13)16-18-11(2)15(10-17-4)12(3)19-16/h13-14,17H,5-10H2,1-4H3. The molecule has 3 heteroatoms. The lowest BCUT2D eigenvalue weighted by Gasteiger charge is -2.28. The SMILES string of the molecule is CCC1CCCC(c2nc(C)c(CNC)c(C)n2)C1. The fourth-order valence-corrected chi connectivity index (χ4v) is 3.28. The molecule has 1 aromatic heterocycles. The highest BCUT2D eigenvalue weighted by Gasteiger charge is 2.24. The smallest absolute Gasteiger partial charge is 0.131 e. The molecule has 1 aliphatic carbocycles. The van der Waals surface area contributed by atoms with Gasteiger partial charge in [-0.2, -0.15) is 0 Å². The Morgan fingerprint density at radius 1 is 1.16 bits per heavy atom. The lowest BCUT2D eigenvalue weighted by molar-refractivity contribution is 0.306. The van der Waals surface area contributed by atoms with Gasteiger partial charge >= 0.3 is 0 Å². The van der Waals surface area contributed by atoms with E-state index in [0.29, 0.717) is 5.92 Å². The molecule has 0 amide bonds. The van der Waals surface area contributed by atoms with Crippen LogP contribution in [0.3, 0.4) is 0 Å². The molecule has 0 aromatic carbocycles. The largest absolute Gasteiger partial charge is 0.316 e. The van der Waals surface area contributed by atoms with E-state index in [0.717, 1.165) is 29.7 Å². The first-order chi connectivity index (χ1) is 9.15. The predicted molar refractivity (Wildman–Crippen MR) is 79.3 cm³/mol. The maximum absolute atomic E-state index is 4.79. The van der Waals surface area contributed by atoms with Crippen LogP contribution in [0.15, 0.2) is 0 Å². The van der Waals surface area contributed by atoms with Gasteiger partial charge in [0.25, 0.3) is 0 Å². The fraction of sp³-hybridized carbons (Fsp3) is 0.750. The lowest BCUT2D eigenvalue weighted by atomic mass is 9.80. The third-order valence-electron chi connectivity index (χ3n) is 4.52. The van der Waals surface area contributed by atoms with Crippen molar-refractivity contribution in [1.82, 2.24) is 15.3 Å². The normalized spacial score (nSPS) is 23.6. The van der Waals surface area contributed by atoms with Gasteiger partial charge in [0, 0.05) is 29.4 Å². The van der Waals surface area contributed by atoms with Crippen LogP contribution in [0.25, 0.3) is 0 Å². The van der Waals surface area contributed by atoms with Crippen LogP contribution in [0.5, 0.6) is 0 Å². The third kappa shape index (κ3) is 3.33. The zero-order chi connectivity index (χ0) is 13.8. The zero-order valence-electron chi connectivity index (χ0n) is 12.8. The van der Waals surface area contributed by atoms with Crippen molar-refractivity contribution >= 4 is 0 Å². The molecule has 0 aliphatic heterocycles. The van der Waals surface area contributed by atoms with Crippen LogP contribution in [0, 0.1) is 19.8 Å². The van der Waals surface area contributed by atoms with E-state index in [9.17, 15) is 0 Å². The summed E-state index contributed by atoms with van der Waals surface area (Å²) in [6, 6.07) is 0. The Hall–Kier alpha value is -0.960. The van der Waals surface area contributed by atoms with Crippen molar-refractivity contribution in [3.8, 4) is 0 Å². The summed E-state index contributed by atoms with van der Waals surface area (Å²) in [7, 11) is 1.97. The summed E-state index contributed by atoms with van der Waals surface area (Å²) in [6.45, 7) is 7.40. The minimum absolute atomic E-state index is 0.583. The molecule has 1 aliphatic rings. The average Bonchev–Trinajstić information content (AvgIpc) is 2.42. The minimum Gasteiger partial charge on any atom is -0.316 e. The van der Waals surface area contributed by atoms with Gasteiger partial charge in [-0.25, -0.2) is 9.97 Å². The highest BCUT2D eigenvalue weighted by Crippen LogP contribution is 2.36. The maximum atomic E-state index is 4.79. The number of rotatable bonds is 4. The molecule has 2 rings (SSSR count). The summed E-state index contributed by atoms with van der Waals surface area (Å²) < 4.78 is 0. The molecule has 0 saturated heterocycles. The van der Waals surface area contributed by atoms with Gasteiger partial charge < -0.3 is 5.32 Å². The summed E-state index contributed by atoms with van der Waals surface area (Å²) in [4.78, 5) is 9.59. The van der Waals surface area contributed by atoms with E-state index in [-0.39, 0.29) is 0 Å². The monoisotopic (exact) mass is 261 g/mol. The molecule has 1 N–H and O–H groups in total. The van der Waals surface area contributed by atoms with Gasteiger partial charge in [0.05, 0.1) is 0 Å². The second kappa shape index (κ2) is 6.47. The number of aromatic nitrogens is 2. The van der Waals surface area contributed by atoms with Crippen LogP contribution in [0.1, 0.15) is 67.7 Å². The Kier molecular flexibility index (Phi) is 4.92. The number of nitrogens with one attached hydrogen (secondary N) is 1. The number of hydrogen-bond donors (Lipinski definition) is 1. The van der Waals surface area contributed by atoms with Gasteiger partial charge in [-0.05, 0) is 39.7 Å². The highest BCUT2D eigenvalue weighted by atomic mass is 14.9. The van der Waals surface area contributed by atoms with Crippen LogP contribution in [-0.2, 0) is 6.54 Å². The van der Waals surface area contributed by atoms with Gasteiger partial charge in [0.1, 0.15) is 5.82 Å². The molecular formula is C16H27N3. The predicted octanol–water partition coefficient (Wildman–Crippen LogP) is 3.50.